The molecule has 1 aliphatic rings. The molecule has 1 aromatic rings. The average Bonchev–Trinajstić information content (AvgIpc) is 2.99. The van der Waals surface area contributed by atoms with Gasteiger partial charge in [-0.3, -0.25) is 4.79 Å². The zero-order valence-corrected chi connectivity index (χ0v) is 17.5. The van der Waals surface area contributed by atoms with Gasteiger partial charge in [-0.25, -0.2) is 0 Å². The van der Waals surface area contributed by atoms with E-state index in [0.717, 1.165) is 12.1 Å². The van der Waals surface area contributed by atoms with Gasteiger partial charge in [0, 0.05) is 18.8 Å². The molecule has 5 atom stereocenters. The number of allylic oxidation sites excluding steroid dienone is 2. The van der Waals surface area contributed by atoms with Gasteiger partial charge in [-0.1, -0.05) is 30.4 Å². The van der Waals surface area contributed by atoms with Crippen molar-refractivity contribution in [2.24, 2.45) is 11.8 Å². The number of rotatable bonds is 11. The topological polar surface area (TPSA) is 107 Å². The van der Waals surface area contributed by atoms with Crippen molar-refractivity contribution in [1.29, 1.82) is 0 Å². The molecule has 0 heterocycles. The quantitative estimate of drug-likeness (QED) is 0.298. The van der Waals surface area contributed by atoms with Crippen LogP contribution in [0.5, 0.6) is 5.75 Å². The number of carboxylic acid groups (broad SMARTS) is 1. The summed E-state index contributed by atoms with van der Waals surface area (Å²) in [5, 5.41) is 39.2. The molecule has 9 heteroatoms. The number of benzene rings is 1. The van der Waals surface area contributed by atoms with Crippen molar-refractivity contribution in [1.82, 2.24) is 0 Å². The number of hydrogen-bond acceptors (Lipinski definition) is 5. The second-order valence-electron chi connectivity index (χ2n) is 7.89. The third-order valence-corrected chi connectivity index (χ3v) is 5.39. The number of aliphatic carboxylic acids is 1. The first kappa shape index (κ1) is 25.9. The van der Waals surface area contributed by atoms with E-state index in [-0.39, 0.29) is 31.1 Å². The number of unbranched alkanes of at least 4 members (excludes halogenated alkanes) is 1. The largest absolute Gasteiger partial charge is 0.491 e. The van der Waals surface area contributed by atoms with Crippen LogP contribution in [0.3, 0.4) is 0 Å². The first-order valence-electron chi connectivity index (χ1n) is 10.5. The van der Waals surface area contributed by atoms with Gasteiger partial charge in [0.1, 0.15) is 18.5 Å². The van der Waals surface area contributed by atoms with Gasteiger partial charge in [0.25, 0.3) is 0 Å². The molecule has 0 amide bonds. The molecule has 4 N–H and O–H groups in total. The van der Waals surface area contributed by atoms with Crippen molar-refractivity contribution < 1.29 is 43.1 Å². The van der Waals surface area contributed by atoms with Crippen LogP contribution in [0, 0.1) is 11.8 Å². The van der Waals surface area contributed by atoms with E-state index in [1.807, 2.05) is 12.2 Å². The zero-order valence-electron chi connectivity index (χ0n) is 17.5. The fraction of sp³-hybridized carbons (Fsp3) is 0.522. The molecule has 1 aromatic carbocycles. The normalized spacial score (nSPS) is 24.9. The van der Waals surface area contributed by atoms with E-state index in [2.05, 4.69) is 0 Å². The molecule has 32 heavy (non-hydrogen) atoms. The van der Waals surface area contributed by atoms with Crippen LogP contribution >= 0.6 is 0 Å². The summed E-state index contributed by atoms with van der Waals surface area (Å²) in [6.45, 7) is -0.267. The lowest BCUT2D eigenvalue weighted by atomic mass is 9.89. The summed E-state index contributed by atoms with van der Waals surface area (Å²) >= 11 is 0. The average molecular weight is 458 g/mol. The number of ether oxygens (including phenoxy) is 1. The van der Waals surface area contributed by atoms with E-state index >= 15 is 0 Å². The van der Waals surface area contributed by atoms with Gasteiger partial charge in [0.05, 0.1) is 17.8 Å². The highest BCUT2D eigenvalue weighted by Crippen LogP contribution is 2.36. The van der Waals surface area contributed by atoms with E-state index in [4.69, 9.17) is 9.84 Å². The molecule has 1 aliphatic carbocycles. The lowest BCUT2D eigenvalue weighted by Crippen LogP contribution is -2.21. The van der Waals surface area contributed by atoms with Crippen molar-refractivity contribution in [2.75, 3.05) is 6.61 Å². The monoisotopic (exact) mass is 458 g/mol. The molecule has 1 fully saturated rings. The minimum atomic E-state index is -4.49. The summed E-state index contributed by atoms with van der Waals surface area (Å²) in [5.41, 5.74) is -0.845. The van der Waals surface area contributed by atoms with Crippen molar-refractivity contribution in [3.63, 3.8) is 0 Å². The zero-order chi connectivity index (χ0) is 23.7. The molecule has 0 saturated heterocycles. The van der Waals surface area contributed by atoms with Crippen molar-refractivity contribution >= 4 is 5.97 Å². The summed E-state index contributed by atoms with van der Waals surface area (Å²) in [4.78, 5) is 10.5. The molecule has 0 radical (unpaired) electrons. The Morgan fingerprint density at radius 1 is 1.22 bits per heavy atom. The molecule has 178 valence electrons. The Hall–Kier alpha value is -2.36. The second-order valence-corrected chi connectivity index (χ2v) is 7.89. The summed E-state index contributed by atoms with van der Waals surface area (Å²) in [6.07, 6.45) is 1.48. The Labute approximate surface area is 184 Å². The Morgan fingerprint density at radius 2 is 1.97 bits per heavy atom. The van der Waals surface area contributed by atoms with Crippen molar-refractivity contribution in [3.05, 3.63) is 54.1 Å². The fourth-order valence-corrected chi connectivity index (χ4v) is 3.70. The Morgan fingerprint density at radius 3 is 2.66 bits per heavy atom. The fourth-order valence-electron chi connectivity index (χ4n) is 3.70. The molecule has 2 rings (SSSR count). The van der Waals surface area contributed by atoms with Crippen LogP contribution in [-0.4, -0.2) is 51.3 Å². The number of alkyl halides is 3. The van der Waals surface area contributed by atoms with Gasteiger partial charge >= 0.3 is 12.1 Å². The summed E-state index contributed by atoms with van der Waals surface area (Å²) in [6, 6.07) is 4.36. The van der Waals surface area contributed by atoms with E-state index in [1.165, 1.54) is 18.2 Å². The minimum absolute atomic E-state index is 0.0190. The van der Waals surface area contributed by atoms with Gasteiger partial charge < -0.3 is 25.2 Å². The molecular formula is C23H29F3O6. The highest BCUT2D eigenvalue weighted by atomic mass is 19.4. The number of aliphatic hydroxyl groups is 3. The Balaban J connectivity index is 1.87. The van der Waals surface area contributed by atoms with Crippen LogP contribution in [0.2, 0.25) is 0 Å². The van der Waals surface area contributed by atoms with Gasteiger partial charge in [-0.05, 0) is 43.4 Å². The van der Waals surface area contributed by atoms with Crippen LogP contribution in [0.15, 0.2) is 48.6 Å². The van der Waals surface area contributed by atoms with Gasteiger partial charge in [0.2, 0.25) is 0 Å². The first-order valence-corrected chi connectivity index (χ1v) is 10.5. The second kappa shape index (κ2) is 12.0. The Bertz CT molecular complexity index is 792. The third-order valence-electron chi connectivity index (χ3n) is 5.39. The van der Waals surface area contributed by atoms with Crippen LogP contribution in [-0.2, 0) is 11.0 Å². The van der Waals surface area contributed by atoms with Gasteiger partial charge in [-0.2, -0.15) is 13.2 Å². The van der Waals surface area contributed by atoms with Crippen molar-refractivity contribution in [3.8, 4) is 5.75 Å². The maximum Gasteiger partial charge on any atom is 0.416 e. The molecule has 0 spiro atoms. The standard InChI is InChI=1S/C23H29F3O6/c24-23(25,26)15-6-5-7-17(12-15)32-14-16(27)10-11-19-18(20(28)13-21(19)29)8-3-1-2-4-9-22(30)31/h1,3,5-7,10-12,16,18-21,27-29H,2,4,8-9,13-14H2,(H,30,31)/b3-1-,11-10+/t16-,18-,19-,20?,21?/m1/s1. The molecular weight excluding hydrogens is 429 g/mol. The van der Waals surface area contributed by atoms with Gasteiger partial charge in [0.15, 0.2) is 0 Å². The van der Waals surface area contributed by atoms with Crippen LogP contribution in [0.1, 0.15) is 37.7 Å². The lowest BCUT2D eigenvalue weighted by molar-refractivity contribution is -0.138. The van der Waals surface area contributed by atoms with E-state index in [9.17, 15) is 33.3 Å². The summed E-state index contributed by atoms with van der Waals surface area (Å²) in [7, 11) is 0. The van der Waals surface area contributed by atoms with E-state index < -0.39 is 41.9 Å². The number of carbonyl (C=O) groups is 1. The van der Waals surface area contributed by atoms with E-state index in [0.29, 0.717) is 19.3 Å². The SMILES string of the molecule is O=C(O)CCC/C=C\C[C@H]1C(O)CC(O)[C@@H]1/C=C/[C@@H](O)COc1cccc(C(F)(F)F)c1. The smallest absolute Gasteiger partial charge is 0.416 e. The molecule has 2 unspecified atom stereocenters. The van der Waals surface area contributed by atoms with Crippen LogP contribution in [0.4, 0.5) is 13.2 Å². The predicted molar refractivity (Wildman–Crippen MR) is 111 cm³/mol. The Kier molecular flexibility index (Phi) is 9.74. The summed E-state index contributed by atoms with van der Waals surface area (Å²) in [5.74, 6) is -1.55. The van der Waals surface area contributed by atoms with Gasteiger partial charge in [-0.15, -0.1) is 0 Å². The summed E-state index contributed by atoms with van der Waals surface area (Å²) < 4.78 is 43.5. The van der Waals surface area contributed by atoms with Crippen molar-refractivity contribution in [2.45, 2.75) is 56.6 Å². The number of carboxylic acids is 1. The maximum absolute atomic E-state index is 12.8. The molecule has 0 aromatic heterocycles. The maximum atomic E-state index is 12.8. The highest BCUT2D eigenvalue weighted by molar-refractivity contribution is 5.66. The lowest BCUT2D eigenvalue weighted by Gasteiger charge is -2.19. The van der Waals surface area contributed by atoms with Crippen LogP contribution < -0.4 is 4.74 Å². The molecule has 0 aliphatic heterocycles. The highest BCUT2D eigenvalue weighted by Gasteiger charge is 2.39. The molecule has 0 bridgehead atoms. The molecule has 1 saturated carbocycles. The third kappa shape index (κ3) is 8.29. The van der Waals surface area contributed by atoms with E-state index in [1.54, 1.807) is 6.08 Å². The minimum Gasteiger partial charge on any atom is -0.491 e. The first-order chi connectivity index (χ1) is 15.1. The van der Waals surface area contributed by atoms with Crippen LogP contribution in [0.25, 0.3) is 0 Å². The number of hydrogen-bond donors (Lipinski definition) is 4. The predicted octanol–water partition coefficient (Wildman–Crippen LogP) is 3.56. The number of halogens is 3. The number of aliphatic hydroxyl groups excluding tert-OH is 3. The molecule has 6 nitrogen and oxygen atoms in total.